The van der Waals surface area contributed by atoms with E-state index >= 15 is 0 Å². The van der Waals surface area contributed by atoms with Crippen LogP contribution in [0.4, 0.5) is 5.69 Å². The van der Waals surface area contributed by atoms with Gasteiger partial charge in [0.2, 0.25) is 0 Å². The molecule has 0 unspecified atom stereocenters. The molecule has 6 heteroatoms. The Labute approximate surface area is 154 Å². The number of anilines is 1. The number of esters is 1. The summed E-state index contributed by atoms with van der Waals surface area (Å²) in [5.74, 6) is -0.647. The monoisotopic (exact) mass is 355 g/mol. The Kier molecular flexibility index (Phi) is 7.22. The van der Waals surface area contributed by atoms with Crippen LogP contribution in [0.5, 0.6) is 0 Å². The van der Waals surface area contributed by atoms with Crippen molar-refractivity contribution in [2.45, 2.75) is 26.7 Å². The number of nitriles is 1. The lowest BCUT2D eigenvalue weighted by molar-refractivity contribution is -0.150. The molecule has 26 heavy (non-hydrogen) atoms. The molecule has 1 aromatic rings. The quantitative estimate of drug-likeness (QED) is 0.446. The number of ether oxygens (including phenoxy) is 1. The normalized spacial score (nSPS) is 15.3. The number of nitrogens with zero attached hydrogens (tertiary/aromatic N) is 3. The molecule has 1 aromatic carbocycles. The van der Waals surface area contributed by atoms with Crippen molar-refractivity contribution in [2.24, 2.45) is 5.92 Å². The van der Waals surface area contributed by atoms with Gasteiger partial charge < -0.3 is 14.5 Å². The van der Waals surface area contributed by atoms with Gasteiger partial charge in [0.1, 0.15) is 11.6 Å². The molecule has 0 radical (unpaired) electrons. The van der Waals surface area contributed by atoms with Gasteiger partial charge in [0, 0.05) is 31.5 Å². The highest BCUT2D eigenvalue weighted by atomic mass is 16.5. The van der Waals surface area contributed by atoms with E-state index in [4.69, 9.17) is 4.74 Å². The number of carbonyl (C=O) groups excluding carboxylic acids is 2. The molecular weight excluding hydrogens is 330 g/mol. The van der Waals surface area contributed by atoms with E-state index < -0.39 is 0 Å². The van der Waals surface area contributed by atoms with Crippen molar-refractivity contribution in [3.05, 3.63) is 42.1 Å². The molecule has 0 spiro atoms. The van der Waals surface area contributed by atoms with Gasteiger partial charge in [-0.2, -0.15) is 5.26 Å². The summed E-state index contributed by atoms with van der Waals surface area (Å²) in [5.41, 5.74) is 1.03. The number of piperidine rings is 1. The van der Waals surface area contributed by atoms with E-state index in [0.717, 1.165) is 5.69 Å². The van der Waals surface area contributed by atoms with Crippen LogP contribution in [-0.2, 0) is 14.3 Å². The van der Waals surface area contributed by atoms with Crippen molar-refractivity contribution in [3.8, 4) is 6.07 Å². The molecule has 0 aromatic heterocycles. The topological polar surface area (TPSA) is 73.6 Å². The van der Waals surface area contributed by atoms with Crippen LogP contribution >= 0.6 is 0 Å². The molecule has 0 aliphatic carbocycles. The highest BCUT2D eigenvalue weighted by Crippen LogP contribution is 2.21. The van der Waals surface area contributed by atoms with E-state index in [1.807, 2.05) is 48.2 Å². The molecule has 1 fully saturated rings. The van der Waals surface area contributed by atoms with Crippen LogP contribution in [0.1, 0.15) is 26.7 Å². The lowest BCUT2D eigenvalue weighted by Crippen LogP contribution is -2.41. The van der Waals surface area contributed by atoms with E-state index in [1.54, 1.807) is 18.0 Å². The second-order valence-electron chi connectivity index (χ2n) is 6.09. The Balaban J connectivity index is 2.05. The Morgan fingerprint density at radius 1 is 1.27 bits per heavy atom. The number of benzene rings is 1. The van der Waals surface area contributed by atoms with Gasteiger partial charge in [0.15, 0.2) is 0 Å². The van der Waals surface area contributed by atoms with E-state index in [0.29, 0.717) is 39.1 Å². The highest BCUT2D eigenvalue weighted by Gasteiger charge is 2.29. The molecular formula is C20H25N3O3. The molecule has 6 nitrogen and oxygen atoms in total. The maximum Gasteiger partial charge on any atom is 0.309 e. The molecule has 1 saturated heterocycles. The minimum Gasteiger partial charge on any atom is -0.466 e. The lowest BCUT2D eigenvalue weighted by atomic mass is 9.96. The molecule has 138 valence electrons. The second kappa shape index (κ2) is 9.62. The number of carbonyl (C=O) groups is 2. The summed E-state index contributed by atoms with van der Waals surface area (Å²) in [4.78, 5) is 28.0. The summed E-state index contributed by atoms with van der Waals surface area (Å²) < 4.78 is 5.05. The highest BCUT2D eigenvalue weighted by molar-refractivity contribution is 5.97. The first kappa shape index (κ1) is 19.5. The summed E-state index contributed by atoms with van der Waals surface area (Å²) >= 11 is 0. The molecule has 0 bridgehead atoms. The van der Waals surface area contributed by atoms with Crippen molar-refractivity contribution in [1.29, 1.82) is 5.26 Å². The van der Waals surface area contributed by atoms with Crippen molar-refractivity contribution >= 4 is 17.6 Å². The average Bonchev–Trinajstić information content (AvgIpc) is 2.69. The molecule has 0 N–H and O–H groups in total. The Bertz CT molecular complexity index is 686. The average molecular weight is 355 g/mol. The Hall–Kier alpha value is -2.81. The first-order valence-electron chi connectivity index (χ1n) is 9.00. The fourth-order valence-corrected chi connectivity index (χ4v) is 3.00. The third-order valence-electron chi connectivity index (χ3n) is 4.47. The molecule has 1 aliphatic rings. The Morgan fingerprint density at radius 3 is 2.46 bits per heavy atom. The largest absolute Gasteiger partial charge is 0.466 e. The predicted octanol–water partition coefficient (Wildman–Crippen LogP) is 2.72. The van der Waals surface area contributed by atoms with Gasteiger partial charge in [-0.3, -0.25) is 9.59 Å². The summed E-state index contributed by atoms with van der Waals surface area (Å²) in [6.45, 7) is 5.68. The molecule has 1 heterocycles. The van der Waals surface area contributed by atoms with Crippen LogP contribution in [0.2, 0.25) is 0 Å². The number of amides is 1. The van der Waals surface area contributed by atoms with Crippen molar-refractivity contribution < 1.29 is 14.3 Å². The first-order valence-corrected chi connectivity index (χ1v) is 9.00. The molecule has 0 saturated carbocycles. The van der Waals surface area contributed by atoms with Crippen LogP contribution in [0.3, 0.4) is 0 Å². The molecule has 2 rings (SSSR count). The number of para-hydroxylation sites is 1. The van der Waals surface area contributed by atoms with E-state index in [9.17, 15) is 14.9 Å². The Morgan fingerprint density at radius 2 is 1.92 bits per heavy atom. The number of rotatable bonds is 6. The maximum atomic E-state index is 12.7. The van der Waals surface area contributed by atoms with E-state index in [2.05, 4.69) is 0 Å². The number of hydrogen-bond donors (Lipinski definition) is 0. The zero-order chi connectivity index (χ0) is 18.9. The summed E-state index contributed by atoms with van der Waals surface area (Å²) in [7, 11) is 0. The van der Waals surface area contributed by atoms with E-state index in [1.165, 1.54) is 0 Å². The van der Waals surface area contributed by atoms with Crippen LogP contribution in [-0.4, -0.2) is 43.0 Å². The summed E-state index contributed by atoms with van der Waals surface area (Å²) in [6, 6.07) is 11.6. The zero-order valence-electron chi connectivity index (χ0n) is 15.4. The van der Waals surface area contributed by atoms with Crippen LogP contribution in [0.25, 0.3) is 0 Å². The van der Waals surface area contributed by atoms with Gasteiger partial charge in [-0.05, 0) is 38.8 Å². The van der Waals surface area contributed by atoms with Gasteiger partial charge >= 0.3 is 5.97 Å². The van der Waals surface area contributed by atoms with Crippen LogP contribution < -0.4 is 4.90 Å². The SMILES string of the molecule is CCOC(=O)C1CCN(C(=O)/C(C#N)=C\N(CC)c2ccccc2)CC1. The van der Waals surface area contributed by atoms with Crippen LogP contribution in [0, 0.1) is 17.2 Å². The molecule has 1 amide bonds. The number of likely N-dealkylation sites (tertiary alicyclic amines) is 1. The third kappa shape index (κ3) is 4.85. The van der Waals surface area contributed by atoms with Crippen molar-refractivity contribution in [1.82, 2.24) is 4.90 Å². The minimum atomic E-state index is -0.288. The number of hydrogen-bond acceptors (Lipinski definition) is 5. The summed E-state index contributed by atoms with van der Waals surface area (Å²) in [5, 5.41) is 9.46. The van der Waals surface area contributed by atoms with Gasteiger partial charge in [-0.1, -0.05) is 18.2 Å². The van der Waals surface area contributed by atoms with Crippen molar-refractivity contribution in [2.75, 3.05) is 31.1 Å². The minimum absolute atomic E-state index is 0.102. The van der Waals surface area contributed by atoms with Crippen LogP contribution in [0.15, 0.2) is 42.1 Å². The first-order chi connectivity index (χ1) is 12.6. The van der Waals surface area contributed by atoms with Gasteiger partial charge in [-0.15, -0.1) is 0 Å². The fourth-order valence-electron chi connectivity index (χ4n) is 3.00. The van der Waals surface area contributed by atoms with Gasteiger partial charge in [0.25, 0.3) is 5.91 Å². The van der Waals surface area contributed by atoms with Crippen molar-refractivity contribution in [3.63, 3.8) is 0 Å². The van der Waals surface area contributed by atoms with E-state index in [-0.39, 0.29) is 23.4 Å². The van der Waals surface area contributed by atoms with Gasteiger partial charge in [-0.25, -0.2) is 0 Å². The lowest BCUT2D eigenvalue weighted by Gasteiger charge is -2.31. The molecule has 0 atom stereocenters. The smallest absolute Gasteiger partial charge is 0.309 e. The maximum absolute atomic E-state index is 12.7. The van der Waals surface area contributed by atoms with Gasteiger partial charge in [0.05, 0.1) is 12.5 Å². The zero-order valence-corrected chi connectivity index (χ0v) is 15.4. The summed E-state index contributed by atoms with van der Waals surface area (Å²) in [6.07, 6.45) is 2.74. The predicted molar refractivity (Wildman–Crippen MR) is 99.1 cm³/mol. The second-order valence-corrected chi connectivity index (χ2v) is 6.09. The third-order valence-corrected chi connectivity index (χ3v) is 4.47. The fraction of sp³-hybridized carbons (Fsp3) is 0.450. The molecule has 1 aliphatic heterocycles. The standard InChI is InChI=1S/C20H25N3O3/c1-3-22(18-8-6-5-7-9-18)15-17(14-21)19(24)23-12-10-16(11-13-23)20(25)26-4-2/h5-9,15-16H,3-4,10-13H2,1-2H3/b17-15-.